The van der Waals surface area contributed by atoms with Gasteiger partial charge in [-0.2, -0.15) is 5.10 Å². The molecule has 0 bridgehead atoms. The number of rotatable bonds is 5. The zero-order chi connectivity index (χ0) is 20.4. The summed E-state index contributed by atoms with van der Waals surface area (Å²) in [6, 6.07) is 11.9. The molecule has 1 aromatic heterocycles. The molecule has 0 saturated carbocycles. The Morgan fingerprint density at radius 3 is 2.43 bits per heavy atom. The quantitative estimate of drug-likeness (QED) is 0.398. The van der Waals surface area contributed by atoms with Crippen molar-refractivity contribution >= 4 is 17.3 Å². The molecule has 0 spiro atoms. The second-order valence-corrected chi connectivity index (χ2v) is 6.61. The van der Waals surface area contributed by atoms with Gasteiger partial charge >= 0.3 is 5.69 Å². The predicted molar refractivity (Wildman–Crippen MR) is 105 cm³/mol. The van der Waals surface area contributed by atoms with Crippen LogP contribution in [0.3, 0.4) is 0 Å². The maximum Gasteiger partial charge on any atom is 0.312 e. The minimum absolute atomic E-state index is 0.0103. The molecule has 0 unspecified atom stereocenters. The first-order valence-electron chi connectivity index (χ1n) is 8.64. The molecule has 1 heterocycles. The van der Waals surface area contributed by atoms with Crippen molar-refractivity contribution in [1.29, 1.82) is 0 Å². The minimum atomic E-state index is -0.428. The first-order valence-corrected chi connectivity index (χ1v) is 8.64. The fourth-order valence-electron chi connectivity index (χ4n) is 2.98. The van der Waals surface area contributed by atoms with Gasteiger partial charge in [0, 0.05) is 5.56 Å². The number of anilines is 1. The number of nitro groups is 1. The number of aryl methyl sites for hydroxylation is 2. The van der Waals surface area contributed by atoms with Crippen LogP contribution in [0.1, 0.15) is 32.9 Å². The summed E-state index contributed by atoms with van der Waals surface area (Å²) < 4.78 is 1.58. The van der Waals surface area contributed by atoms with Gasteiger partial charge in [-0.1, -0.05) is 18.2 Å². The summed E-state index contributed by atoms with van der Waals surface area (Å²) in [6.45, 7) is 5.48. The number of benzene rings is 2. The van der Waals surface area contributed by atoms with E-state index in [0.717, 1.165) is 11.1 Å². The molecule has 28 heavy (non-hydrogen) atoms. The van der Waals surface area contributed by atoms with Crippen molar-refractivity contribution in [2.24, 2.45) is 0 Å². The third-order valence-electron chi connectivity index (χ3n) is 4.48. The molecule has 0 saturated heterocycles. The maximum atomic E-state index is 12.4. The van der Waals surface area contributed by atoms with Gasteiger partial charge in [0.05, 0.1) is 17.2 Å². The van der Waals surface area contributed by atoms with E-state index in [1.165, 1.54) is 0 Å². The molecule has 0 radical (unpaired) electrons. The van der Waals surface area contributed by atoms with Crippen LogP contribution in [0.5, 0.6) is 5.75 Å². The summed E-state index contributed by atoms with van der Waals surface area (Å²) in [5.74, 6) is -0.330. The van der Waals surface area contributed by atoms with Gasteiger partial charge in [0.25, 0.3) is 5.91 Å². The Kier molecular flexibility index (Phi) is 5.12. The highest BCUT2D eigenvalue weighted by atomic mass is 16.6. The topological polar surface area (TPSA) is 110 Å². The first-order chi connectivity index (χ1) is 13.3. The smallest absolute Gasteiger partial charge is 0.312 e. The summed E-state index contributed by atoms with van der Waals surface area (Å²) in [5.41, 5.74) is 3.40. The number of hydrogen-bond acceptors (Lipinski definition) is 5. The average molecular weight is 380 g/mol. The number of nitrogens with zero attached hydrogens (tertiary/aromatic N) is 3. The second-order valence-electron chi connectivity index (χ2n) is 6.61. The zero-order valence-corrected chi connectivity index (χ0v) is 15.8. The molecule has 2 aromatic carbocycles. The molecule has 3 aromatic rings. The molecular formula is C20H20N4O4. The van der Waals surface area contributed by atoms with Crippen LogP contribution in [-0.2, 0) is 6.54 Å². The molecule has 0 aliphatic carbocycles. The third kappa shape index (κ3) is 3.85. The molecule has 0 aliphatic heterocycles. The van der Waals surface area contributed by atoms with Crippen LogP contribution < -0.4 is 5.32 Å². The van der Waals surface area contributed by atoms with Crippen molar-refractivity contribution < 1.29 is 14.8 Å². The number of nitrogens with one attached hydrogen (secondary N) is 1. The molecule has 2 N–H and O–H groups in total. The van der Waals surface area contributed by atoms with Crippen LogP contribution in [0.25, 0.3) is 0 Å². The lowest BCUT2D eigenvalue weighted by molar-refractivity contribution is -0.386. The van der Waals surface area contributed by atoms with Crippen molar-refractivity contribution in [3.8, 4) is 5.75 Å². The predicted octanol–water partition coefficient (Wildman–Crippen LogP) is 3.72. The lowest BCUT2D eigenvalue weighted by Crippen LogP contribution is -2.12. The number of amides is 1. The molecule has 144 valence electrons. The summed E-state index contributed by atoms with van der Waals surface area (Å²) >= 11 is 0. The number of carbonyl (C=O) groups excluding carboxylic acids is 1. The molecule has 1 amide bonds. The Morgan fingerprint density at radius 2 is 1.86 bits per heavy atom. The van der Waals surface area contributed by atoms with E-state index in [0.29, 0.717) is 29.2 Å². The highest BCUT2D eigenvalue weighted by molar-refractivity contribution is 6.05. The molecule has 0 fully saturated rings. The summed E-state index contributed by atoms with van der Waals surface area (Å²) in [6.07, 6.45) is 0. The Hall–Kier alpha value is -3.68. The summed E-state index contributed by atoms with van der Waals surface area (Å²) in [7, 11) is 0. The Morgan fingerprint density at radius 1 is 1.18 bits per heavy atom. The largest absolute Gasteiger partial charge is 0.506 e. The first kappa shape index (κ1) is 19.1. The van der Waals surface area contributed by atoms with E-state index in [1.54, 1.807) is 61.0 Å². The van der Waals surface area contributed by atoms with Gasteiger partial charge in [-0.25, -0.2) is 0 Å². The highest BCUT2D eigenvalue weighted by Gasteiger charge is 2.21. The molecular weight excluding hydrogens is 360 g/mol. The zero-order valence-electron chi connectivity index (χ0n) is 15.8. The normalized spacial score (nSPS) is 10.7. The summed E-state index contributed by atoms with van der Waals surface area (Å²) in [5, 5.41) is 27.9. The van der Waals surface area contributed by atoms with Crippen molar-refractivity contribution in [3.63, 3.8) is 0 Å². The van der Waals surface area contributed by atoms with Gasteiger partial charge in [-0.15, -0.1) is 0 Å². The number of aromatic nitrogens is 2. The fourth-order valence-corrected chi connectivity index (χ4v) is 2.98. The standard InChI is InChI=1S/C20H20N4O4/c1-12-4-9-17(18(25)10-12)21-20(26)16-7-5-15(6-8-16)11-23-14(3)19(24(27)28)13(2)22-23/h4-10,25H,11H2,1-3H3,(H,21,26). The highest BCUT2D eigenvalue weighted by Crippen LogP contribution is 2.25. The van der Waals surface area contributed by atoms with Gasteiger partial charge in [0.1, 0.15) is 17.1 Å². The fraction of sp³-hybridized carbons (Fsp3) is 0.200. The Bertz CT molecular complexity index is 1050. The number of aromatic hydroxyl groups is 1. The SMILES string of the molecule is Cc1ccc(NC(=O)c2ccc(Cn3nc(C)c([N+](=O)[O-])c3C)cc2)c(O)c1. The lowest BCUT2D eigenvalue weighted by Gasteiger charge is -2.09. The van der Waals surface area contributed by atoms with E-state index < -0.39 is 4.92 Å². The molecule has 8 nitrogen and oxygen atoms in total. The van der Waals surface area contributed by atoms with Gasteiger partial charge in [0.15, 0.2) is 0 Å². The number of phenols is 1. The number of phenolic OH excluding ortho intramolecular Hbond substituents is 1. The van der Waals surface area contributed by atoms with Crippen LogP contribution >= 0.6 is 0 Å². The van der Waals surface area contributed by atoms with E-state index in [1.807, 2.05) is 6.92 Å². The van der Waals surface area contributed by atoms with E-state index in [2.05, 4.69) is 10.4 Å². The molecule has 8 heteroatoms. The van der Waals surface area contributed by atoms with Crippen molar-refractivity contribution in [3.05, 3.63) is 80.7 Å². The van der Waals surface area contributed by atoms with E-state index in [-0.39, 0.29) is 17.3 Å². The van der Waals surface area contributed by atoms with E-state index >= 15 is 0 Å². The van der Waals surface area contributed by atoms with Gasteiger partial charge in [-0.05, 0) is 56.2 Å². The lowest BCUT2D eigenvalue weighted by atomic mass is 10.1. The van der Waals surface area contributed by atoms with E-state index in [9.17, 15) is 20.0 Å². The minimum Gasteiger partial charge on any atom is -0.506 e. The van der Waals surface area contributed by atoms with Crippen LogP contribution in [0, 0.1) is 30.9 Å². The van der Waals surface area contributed by atoms with Crippen LogP contribution in [0.15, 0.2) is 42.5 Å². The average Bonchev–Trinajstić information content (AvgIpc) is 2.91. The Balaban J connectivity index is 1.74. The maximum absolute atomic E-state index is 12.4. The van der Waals surface area contributed by atoms with Gasteiger partial charge in [-0.3, -0.25) is 19.6 Å². The molecule has 3 rings (SSSR count). The van der Waals surface area contributed by atoms with Crippen LogP contribution in [0.4, 0.5) is 11.4 Å². The van der Waals surface area contributed by atoms with Crippen molar-refractivity contribution in [1.82, 2.24) is 9.78 Å². The second kappa shape index (κ2) is 7.51. The van der Waals surface area contributed by atoms with Crippen molar-refractivity contribution in [2.75, 3.05) is 5.32 Å². The van der Waals surface area contributed by atoms with Crippen LogP contribution in [0.2, 0.25) is 0 Å². The number of hydrogen-bond donors (Lipinski definition) is 2. The third-order valence-corrected chi connectivity index (χ3v) is 4.48. The summed E-state index contributed by atoms with van der Waals surface area (Å²) in [4.78, 5) is 23.1. The van der Waals surface area contributed by atoms with E-state index in [4.69, 9.17) is 0 Å². The van der Waals surface area contributed by atoms with Crippen LogP contribution in [-0.4, -0.2) is 25.7 Å². The van der Waals surface area contributed by atoms with Gasteiger partial charge < -0.3 is 10.4 Å². The molecule has 0 aliphatic rings. The monoisotopic (exact) mass is 380 g/mol. The van der Waals surface area contributed by atoms with Gasteiger partial charge in [0.2, 0.25) is 0 Å². The Labute approximate surface area is 161 Å². The number of carbonyl (C=O) groups is 1. The molecule has 0 atom stereocenters. The van der Waals surface area contributed by atoms with Crippen molar-refractivity contribution in [2.45, 2.75) is 27.3 Å².